The van der Waals surface area contributed by atoms with Crippen molar-refractivity contribution in [3.63, 3.8) is 0 Å². The van der Waals surface area contributed by atoms with Crippen LogP contribution < -0.4 is 5.73 Å². The molecule has 2 aromatic carbocycles. The standard InChI is InChI=1S/C16H12Cl2FNO/c1-8-11-7-10(19)3-5-14(11)21-16(8)15(20)9-2-4-12(17)13(18)6-9/h2-7,15H,20H2,1H3. The third-order valence-corrected chi connectivity index (χ3v) is 4.26. The number of rotatable bonds is 2. The monoisotopic (exact) mass is 323 g/mol. The topological polar surface area (TPSA) is 39.2 Å². The number of nitrogens with two attached hydrogens (primary N) is 1. The summed E-state index contributed by atoms with van der Waals surface area (Å²) >= 11 is 11.9. The van der Waals surface area contributed by atoms with E-state index in [0.717, 1.165) is 16.5 Å². The zero-order valence-corrected chi connectivity index (χ0v) is 12.7. The highest BCUT2D eigenvalue weighted by molar-refractivity contribution is 6.42. The molecule has 0 aliphatic carbocycles. The van der Waals surface area contributed by atoms with Crippen LogP contribution in [0.15, 0.2) is 40.8 Å². The smallest absolute Gasteiger partial charge is 0.134 e. The lowest BCUT2D eigenvalue weighted by atomic mass is 10.0. The predicted molar refractivity (Wildman–Crippen MR) is 83.4 cm³/mol. The number of benzene rings is 2. The van der Waals surface area contributed by atoms with Crippen molar-refractivity contribution in [2.24, 2.45) is 5.73 Å². The fourth-order valence-corrected chi connectivity index (χ4v) is 2.67. The molecular weight excluding hydrogens is 312 g/mol. The molecule has 0 saturated heterocycles. The van der Waals surface area contributed by atoms with Gasteiger partial charge in [-0.05, 0) is 42.8 Å². The number of furan rings is 1. The minimum Gasteiger partial charge on any atom is -0.459 e. The fraction of sp³-hybridized carbons (Fsp3) is 0.125. The summed E-state index contributed by atoms with van der Waals surface area (Å²) in [4.78, 5) is 0. The molecule has 0 spiro atoms. The summed E-state index contributed by atoms with van der Waals surface area (Å²) in [6.45, 7) is 1.86. The molecule has 1 unspecified atom stereocenters. The van der Waals surface area contributed by atoms with E-state index in [9.17, 15) is 4.39 Å². The van der Waals surface area contributed by atoms with E-state index in [1.807, 2.05) is 6.92 Å². The Kier molecular flexibility index (Phi) is 3.66. The Morgan fingerprint density at radius 3 is 2.57 bits per heavy atom. The summed E-state index contributed by atoms with van der Waals surface area (Å²) in [6, 6.07) is 9.11. The molecule has 0 bridgehead atoms. The molecule has 5 heteroatoms. The van der Waals surface area contributed by atoms with Crippen molar-refractivity contribution in [1.82, 2.24) is 0 Å². The van der Waals surface area contributed by atoms with Crippen LogP contribution in [0.4, 0.5) is 4.39 Å². The molecule has 1 aromatic heterocycles. The predicted octanol–water partition coefficient (Wildman–Crippen LogP) is 5.24. The van der Waals surface area contributed by atoms with Gasteiger partial charge in [0, 0.05) is 10.9 Å². The van der Waals surface area contributed by atoms with E-state index in [-0.39, 0.29) is 5.82 Å². The summed E-state index contributed by atoms with van der Waals surface area (Å²) in [5, 5.41) is 1.63. The molecule has 0 aliphatic rings. The number of hydrogen-bond donors (Lipinski definition) is 1. The van der Waals surface area contributed by atoms with Crippen LogP contribution in [0.3, 0.4) is 0 Å². The Morgan fingerprint density at radius 2 is 1.86 bits per heavy atom. The maximum absolute atomic E-state index is 13.3. The first kappa shape index (κ1) is 14.4. The third-order valence-electron chi connectivity index (χ3n) is 3.52. The minimum atomic E-state index is -0.491. The Bertz CT molecular complexity index is 829. The Labute approximate surface area is 131 Å². The second kappa shape index (κ2) is 5.34. The molecule has 0 amide bonds. The van der Waals surface area contributed by atoms with Gasteiger partial charge < -0.3 is 10.2 Å². The van der Waals surface area contributed by atoms with Crippen LogP contribution in [0.25, 0.3) is 11.0 Å². The van der Waals surface area contributed by atoms with E-state index in [1.54, 1.807) is 24.3 Å². The van der Waals surface area contributed by atoms with Crippen LogP contribution in [0.5, 0.6) is 0 Å². The van der Waals surface area contributed by atoms with Gasteiger partial charge in [0.25, 0.3) is 0 Å². The largest absolute Gasteiger partial charge is 0.459 e. The molecule has 0 saturated carbocycles. The van der Waals surface area contributed by atoms with E-state index in [4.69, 9.17) is 33.4 Å². The highest BCUT2D eigenvalue weighted by Gasteiger charge is 2.19. The van der Waals surface area contributed by atoms with Crippen LogP contribution in [0.2, 0.25) is 10.0 Å². The van der Waals surface area contributed by atoms with Crippen molar-refractivity contribution in [2.45, 2.75) is 13.0 Å². The van der Waals surface area contributed by atoms with Crippen LogP contribution >= 0.6 is 23.2 Å². The maximum atomic E-state index is 13.3. The van der Waals surface area contributed by atoms with Crippen LogP contribution in [0, 0.1) is 12.7 Å². The zero-order valence-electron chi connectivity index (χ0n) is 11.2. The summed E-state index contributed by atoms with van der Waals surface area (Å²) < 4.78 is 19.1. The van der Waals surface area contributed by atoms with Gasteiger partial charge in [-0.25, -0.2) is 4.39 Å². The van der Waals surface area contributed by atoms with Gasteiger partial charge in [-0.1, -0.05) is 29.3 Å². The van der Waals surface area contributed by atoms with Gasteiger partial charge in [0.1, 0.15) is 17.2 Å². The van der Waals surface area contributed by atoms with Crippen molar-refractivity contribution < 1.29 is 8.81 Å². The first-order valence-electron chi connectivity index (χ1n) is 6.36. The van der Waals surface area contributed by atoms with Gasteiger partial charge in [0.2, 0.25) is 0 Å². The maximum Gasteiger partial charge on any atom is 0.134 e. The lowest BCUT2D eigenvalue weighted by Gasteiger charge is -2.11. The number of hydrogen-bond acceptors (Lipinski definition) is 2. The van der Waals surface area contributed by atoms with Gasteiger partial charge in [0.15, 0.2) is 0 Å². The molecule has 21 heavy (non-hydrogen) atoms. The molecular formula is C16H12Cl2FNO. The average molecular weight is 324 g/mol. The van der Waals surface area contributed by atoms with Gasteiger partial charge in [-0.15, -0.1) is 0 Å². The fourth-order valence-electron chi connectivity index (χ4n) is 2.37. The zero-order chi connectivity index (χ0) is 15.1. The van der Waals surface area contributed by atoms with Gasteiger partial charge >= 0.3 is 0 Å². The van der Waals surface area contributed by atoms with Crippen molar-refractivity contribution in [3.8, 4) is 0 Å². The molecule has 2 N–H and O–H groups in total. The van der Waals surface area contributed by atoms with Crippen molar-refractivity contribution in [2.75, 3.05) is 0 Å². The van der Waals surface area contributed by atoms with E-state index in [0.29, 0.717) is 21.4 Å². The molecule has 1 heterocycles. The summed E-state index contributed by atoms with van der Waals surface area (Å²) in [5.41, 5.74) is 8.47. The summed E-state index contributed by atoms with van der Waals surface area (Å²) in [7, 11) is 0. The van der Waals surface area contributed by atoms with Crippen LogP contribution in [-0.4, -0.2) is 0 Å². The molecule has 108 valence electrons. The lowest BCUT2D eigenvalue weighted by molar-refractivity contribution is 0.520. The highest BCUT2D eigenvalue weighted by atomic mass is 35.5. The average Bonchev–Trinajstić information content (AvgIpc) is 2.78. The first-order valence-corrected chi connectivity index (χ1v) is 7.12. The second-order valence-corrected chi connectivity index (χ2v) is 5.70. The highest BCUT2D eigenvalue weighted by Crippen LogP contribution is 2.33. The number of fused-ring (bicyclic) bond motifs is 1. The lowest BCUT2D eigenvalue weighted by Crippen LogP contribution is -2.12. The Hall–Kier alpha value is -1.55. The Morgan fingerprint density at radius 1 is 1.10 bits per heavy atom. The molecule has 3 aromatic rings. The van der Waals surface area contributed by atoms with Crippen molar-refractivity contribution >= 4 is 34.2 Å². The first-order chi connectivity index (χ1) is 9.97. The van der Waals surface area contributed by atoms with Crippen LogP contribution in [-0.2, 0) is 0 Å². The molecule has 0 aliphatic heterocycles. The van der Waals surface area contributed by atoms with Crippen molar-refractivity contribution in [3.05, 3.63) is 69.1 Å². The molecule has 2 nitrogen and oxygen atoms in total. The van der Waals surface area contributed by atoms with E-state index in [2.05, 4.69) is 0 Å². The molecule has 0 radical (unpaired) electrons. The Balaban J connectivity index is 2.10. The summed E-state index contributed by atoms with van der Waals surface area (Å²) in [5.74, 6) is 0.287. The number of aryl methyl sites for hydroxylation is 1. The second-order valence-electron chi connectivity index (χ2n) is 4.88. The van der Waals surface area contributed by atoms with Crippen molar-refractivity contribution in [1.29, 1.82) is 0 Å². The van der Waals surface area contributed by atoms with E-state index >= 15 is 0 Å². The normalized spacial score (nSPS) is 12.8. The molecule has 0 fully saturated rings. The number of halogens is 3. The molecule has 3 rings (SSSR count). The third kappa shape index (κ3) is 2.53. The van der Waals surface area contributed by atoms with Crippen LogP contribution in [0.1, 0.15) is 22.9 Å². The minimum absolute atomic E-state index is 0.305. The summed E-state index contributed by atoms with van der Waals surface area (Å²) in [6.07, 6.45) is 0. The molecule has 1 atom stereocenters. The van der Waals surface area contributed by atoms with E-state index < -0.39 is 6.04 Å². The van der Waals surface area contributed by atoms with Gasteiger partial charge in [0.05, 0.1) is 16.1 Å². The quantitative estimate of drug-likeness (QED) is 0.700. The SMILES string of the molecule is Cc1c(C(N)c2ccc(Cl)c(Cl)c2)oc2ccc(F)cc12. The van der Waals surface area contributed by atoms with E-state index in [1.165, 1.54) is 12.1 Å². The van der Waals surface area contributed by atoms with Gasteiger partial charge in [-0.3, -0.25) is 0 Å². The van der Waals surface area contributed by atoms with Gasteiger partial charge in [-0.2, -0.15) is 0 Å².